The molecule has 0 aromatic carbocycles. The second-order valence-corrected chi connectivity index (χ2v) is 7.36. The summed E-state index contributed by atoms with van der Waals surface area (Å²) in [5, 5.41) is 13.8. The molecule has 0 bridgehead atoms. The van der Waals surface area contributed by atoms with Crippen LogP contribution in [0.3, 0.4) is 0 Å². The number of aliphatic carboxylic acids is 1. The molecule has 0 saturated heterocycles. The Morgan fingerprint density at radius 1 is 1.60 bits per heavy atom. The first-order chi connectivity index (χ1) is 9.44. The Labute approximate surface area is 131 Å². The standard InChI is InChI=1S/C14H19BrN2O2S/c1-9(2)17-14(13(18)19,10-3-4-10)8-20-12-6-5-11(15)7-16-12/h5-7,9-10,17H,3-4,8H2,1-2H3,(H,18,19). The summed E-state index contributed by atoms with van der Waals surface area (Å²) >= 11 is 4.85. The highest BCUT2D eigenvalue weighted by Crippen LogP contribution is 2.42. The molecule has 20 heavy (non-hydrogen) atoms. The Bertz CT molecular complexity index is 477. The molecule has 1 aliphatic rings. The Morgan fingerprint density at radius 3 is 2.75 bits per heavy atom. The summed E-state index contributed by atoms with van der Waals surface area (Å²) in [6.07, 6.45) is 3.71. The van der Waals surface area contributed by atoms with E-state index >= 15 is 0 Å². The summed E-state index contributed by atoms with van der Waals surface area (Å²) < 4.78 is 0.925. The molecule has 0 spiro atoms. The van der Waals surface area contributed by atoms with Crippen molar-refractivity contribution < 1.29 is 9.90 Å². The van der Waals surface area contributed by atoms with Crippen molar-refractivity contribution in [2.24, 2.45) is 5.92 Å². The van der Waals surface area contributed by atoms with Gasteiger partial charge in [-0.25, -0.2) is 4.98 Å². The first kappa shape index (κ1) is 15.8. The molecule has 1 saturated carbocycles. The van der Waals surface area contributed by atoms with Gasteiger partial charge in [0.15, 0.2) is 0 Å². The van der Waals surface area contributed by atoms with E-state index in [1.165, 1.54) is 11.8 Å². The number of carboxylic acid groups (broad SMARTS) is 1. The molecule has 1 unspecified atom stereocenters. The number of hydrogen-bond donors (Lipinski definition) is 2. The summed E-state index contributed by atoms with van der Waals surface area (Å²) in [4.78, 5) is 16.1. The molecule has 1 aliphatic carbocycles. The Kier molecular flexibility index (Phi) is 5.09. The molecular weight excluding hydrogens is 340 g/mol. The Hall–Kier alpha value is -0.590. The second-order valence-electron chi connectivity index (χ2n) is 5.45. The number of nitrogens with one attached hydrogen (secondary N) is 1. The summed E-state index contributed by atoms with van der Waals surface area (Å²) in [6, 6.07) is 3.97. The van der Waals surface area contributed by atoms with E-state index < -0.39 is 11.5 Å². The quantitative estimate of drug-likeness (QED) is 0.733. The fourth-order valence-corrected chi connectivity index (χ4v) is 3.65. The van der Waals surface area contributed by atoms with E-state index in [-0.39, 0.29) is 12.0 Å². The third kappa shape index (κ3) is 3.74. The first-order valence-electron chi connectivity index (χ1n) is 6.69. The maximum absolute atomic E-state index is 11.8. The minimum atomic E-state index is -0.840. The average molecular weight is 359 g/mol. The van der Waals surface area contributed by atoms with Crippen molar-refractivity contribution in [3.63, 3.8) is 0 Å². The summed E-state index contributed by atoms with van der Waals surface area (Å²) in [5.74, 6) is -0.0246. The van der Waals surface area contributed by atoms with Crippen LogP contribution in [0, 0.1) is 5.92 Å². The van der Waals surface area contributed by atoms with Crippen LogP contribution in [0.2, 0.25) is 0 Å². The zero-order valence-corrected chi connectivity index (χ0v) is 14.0. The van der Waals surface area contributed by atoms with Crippen LogP contribution in [0.15, 0.2) is 27.8 Å². The van der Waals surface area contributed by atoms with Crippen LogP contribution in [0.1, 0.15) is 26.7 Å². The van der Waals surface area contributed by atoms with Crippen LogP contribution in [-0.2, 0) is 4.79 Å². The number of aromatic nitrogens is 1. The van der Waals surface area contributed by atoms with Crippen molar-refractivity contribution in [3.8, 4) is 0 Å². The van der Waals surface area contributed by atoms with Crippen molar-refractivity contribution in [1.82, 2.24) is 10.3 Å². The molecule has 1 aromatic heterocycles. The van der Waals surface area contributed by atoms with Crippen molar-refractivity contribution in [3.05, 3.63) is 22.8 Å². The normalized spacial score (nSPS) is 18.0. The topological polar surface area (TPSA) is 62.2 Å². The van der Waals surface area contributed by atoms with Gasteiger partial charge in [-0.3, -0.25) is 10.1 Å². The van der Waals surface area contributed by atoms with Gasteiger partial charge in [-0.2, -0.15) is 0 Å². The minimum absolute atomic E-state index is 0.144. The van der Waals surface area contributed by atoms with Gasteiger partial charge in [-0.15, -0.1) is 11.8 Å². The lowest BCUT2D eigenvalue weighted by molar-refractivity contribution is -0.145. The Morgan fingerprint density at radius 2 is 2.30 bits per heavy atom. The number of carbonyl (C=O) groups is 1. The van der Waals surface area contributed by atoms with Gasteiger partial charge >= 0.3 is 5.97 Å². The predicted molar refractivity (Wildman–Crippen MR) is 84.0 cm³/mol. The zero-order chi connectivity index (χ0) is 14.8. The van der Waals surface area contributed by atoms with Gasteiger partial charge in [0.05, 0.1) is 5.03 Å². The lowest BCUT2D eigenvalue weighted by Crippen LogP contribution is -2.58. The molecule has 0 amide bonds. The SMILES string of the molecule is CC(C)NC(CSc1ccc(Br)cn1)(C(=O)O)C1CC1. The van der Waals surface area contributed by atoms with E-state index in [1.54, 1.807) is 6.20 Å². The van der Waals surface area contributed by atoms with E-state index in [0.717, 1.165) is 22.3 Å². The summed E-state index contributed by atoms with van der Waals surface area (Å²) in [7, 11) is 0. The van der Waals surface area contributed by atoms with E-state index in [9.17, 15) is 9.90 Å². The molecule has 0 radical (unpaired) electrons. The first-order valence-corrected chi connectivity index (χ1v) is 8.47. The lowest BCUT2D eigenvalue weighted by atomic mass is 9.94. The van der Waals surface area contributed by atoms with E-state index in [2.05, 4.69) is 26.2 Å². The number of pyridine rings is 1. The van der Waals surface area contributed by atoms with Gasteiger partial charge in [-0.05, 0) is 60.7 Å². The maximum atomic E-state index is 11.8. The smallest absolute Gasteiger partial charge is 0.325 e. The van der Waals surface area contributed by atoms with Crippen LogP contribution in [0.4, 0.5) is 0 Å². The van der Waals surface area contributed by atoms with Gasteiger partial charge in [0.2, 0.25) is 0 Å². The zero-order valence-electron chi connectivity index (χ0n) is 11.6. The molecule has 2 rings (SSSR count). The molecule has 1 heterocycles. The van der Waals surface area contributed by atoms with E-state index in [0.29, 0.717) is 5.75 Å². The van der Waals surface area contributed by atoms with Crippen molar-refractivity contribution in [2.45, 2.75) is 43.3 Å². The van der Waals surface area contributed by atoms with E-state index in [1.807, 2.05) is 26.0 Å². The Balaban J connectivity index is 2.11. The summed E-state index contributed by atoms with van der Waals surface area (Å²) in [6.45, 7) is 3.98. The molecule has 1 aromatic rings. The van der Waals surface area contributed by atoms with Gasteiger partial charge < -0.3 is 5.11 Å². The largest absolute Gasteiger partial charge is 0.480 e. The van der Waals surface area contributed by atoms with Crippen LogP contribution in [-0.4, -0.2) is 33.4 Å². The third-order valence-corrected chi connectivity index (χ3v) is 4.96. The van der Waals surface area contributed by atoms with Crippen molar-refractivity contribution >= 4 is 33.7 Å². The highest BCUT2D eigenvalue weighted by Gasteiger charge is 2.51. The van der Waals surface area contributed by atoms with Gasteiger partial charge in [0.25, 0.3) is 0 Å². The highest BCUT2D eigenvalue weighted by molar-refractivity contribution is 9.10. The molecule has 110 valence electrons. The molecule has 2 N–H and O–H groups in total. The molecule has 0 aliphatic heterocycles. The third-order valence-electron chi connectivity index (χ3n) is 3.35. The fraction of sp³-hybridized carbons (Fsp3) is 0.571. The molecule has 1 fully saturated rings. The minimum Gasteiger partial charge on any atom is -0.480 e. The van der Waals surface area contributed by atoms with Gasteiger partial charge in [-0.1, -0.05) is 0 Å². The van der Waals surface area contributed by atoms with E-state index in [4.69, 9.17) is 0 Å². The predicted octanol–water partition coefficient (Wildman–Crippen LogP) is 3.17. The number of halogens is 1. The number of carboxylic acids is 1. The molecule has 1 atom stereocenters. The van der Waals surface area contributed by atoms with Gasteiger partial charge in [0, 0.05) is 22.5 Å². The lowest BCUT2D eigenvalue weighted by Gasteiger charge is -2.32. The summed E-state index contributed by atoms with van der Waals surface area (Å²) in [5.41, 5.74) is -0.840. The van der Waals surface area contributed by atoms with Crippen LogP contribution in [0.5, 0.6) is 0 Å². The maximum Gasteiger partial charge on any atom is 0.325 e. The number of thioether (sulfide) groups is 1. The molecule has 6 heteroatoms. The van der Waals surface area contributed by atoms with Gasteiger partial charge in [0.1, 0.15) is 5.54 Å². The van der Waals surface area contributed by atoms with Crippen molar-refractivity contribution in [1.29, 1.82) is 0 Å². The number of hydrogen-bond acceptors (Lipinski definition) is 4. The second kappa shape index (κ2) is 6.45. The van der Waals surface area contributed by atoms with Crippen LogP contribution >= 0.6 is 27.7 Å². The number of rotatable bonds is 7. The van der Waals surface area contributed by atoms with Crippen LogP contribution in [0.25, 0.3) is 0 Å². The molecule has 4 nitrogen and oxygen atoms in total. The fourth-order valence-electron chi connectivity index (χ4n) is 2.30. The molecular formula is C14H19BrN2O2S. The monoisotopic (exact) mass is 358 g/mol. The number of nitrogens with zero attached hydrogens (tertiary/aromatic N) is 1. The van der Waals surface area contributed by atoms with Crippen molar-refractivity contribution in [2.75, 3.05) is 5.75 Å². The average Bonchev–Trinajstić information content (AvgIpc) is 3.20. The highest BCUT2D eigenvalue weighted by atomic mass is 79.9. The van der Waals surface area contributed by atoms with Crippen LogP contribution < -0.4 is 5.32 Å².